The molecule has 1 rings (SSSR count). The molecule has 96 valence electrons. The number of hydrogen-bond acceptors (Lipinski definition) is 3. The summed E-state index contributed by atoms with van der Waals surface area (Å²) in [5.41, 5.74) is 0.722. The molecule has 0 aliphatic rings. The second-order valence-electron chi connectivity index (χ2n) is 3.18. The van der Waals surface area contributed by atoms with Crippen molar-refractivity contribution >= 4 is 5.69 Å². The standard InChI is InChI=1S/C11H14F3NO2/c1-2-16-10-5-3-9(4-6-10)15-7-8-17-11(12,13)14/h3-6,15H,2,7-8H2,1H3. The fraction of sp³-hybridized carbons (Fsp3) is 0.455. The SMILES string of the molecule is CCOc1ccc(NCCOC(F)(F)F)cc1. The Bertz CT molecular complexity index is 324. The van der Waals surface area contributed by atoms with Crippen molar-refractivity contribution in [3.05, 3.63) is 24.3 Å². The molecule has 0 spiro atoms. The molecule has 0 fully saturated rings. The van der Waals surface area contributed by atoms with Gasteiger partial charge in [0.1, 0.15) is 5.75 Å². The number of rotatable bonds is 6. The lowest BCUT2D eigenvalue weighted by molar-refractivity contribution is -0.322. The topological polar surface area (TPSA) is 30.5 Å². The molecule has 17 heavy (non-hydrogen) atoms. The molecule has 0 amide bonds. The Morgan fingerprint density at radius 2 is 1.82 bits per heavy atom. The highest BCUT2D eigenvalue weighted by Gasteiger charge is 2.28. The van der Waals surface area contributed by atoms with Gasteiger partial charge in [0.2, 0.25) is 0 Å². The van der Waals surface area contributed by atoms with Gasteiger partial charge in [0, 0.05) is 12.2 Å². The molecule has 0 unspecified atom stereocenters. The van der Waals surface area contributed by atoms with Crippen molar-refractivity contribution in [1.29, 1.82) is 0 Å². The third kappa shape index (κ3) is 6.01. The molecule has 0 heterocycles. The molecule has 0 saturated carbocycles. The number of alkyl halides is 3. The first-order chi connectivity index (χ1) is 8.01. The number of benzene rings is 1. The fourth-order valence-electron chi connectivity index (χ4n) is 1.20. The van der Waals surface area contributed by atoms with Gasteiger partial charge in [-0.15, -0.1) is 13.2 Å². The lowest BCUT2D eigenvalue weighted by atomic mass is 10.3. The van der Waals surface area contributed by atoms with Crippen molar-refractivity contribution in [2.45, 2.75) is 13.3 Å². The normalized spacial score (nSPS) is 11.3. The Hall–Kier alpha value is -1.43. The van der Waals surface area contributed by atoms with Gasteiger partial charge in [-0.25, -0.2) is 0 Å². The summed E-state index contributed by atoms with van der Waals surface area (Å²) in [5.74, 6) is 0.726. The van der Waals surface area contributed by atoms with Crippen LogP contribution in [0.4, 0.5) is 18.9 Å². The van der Waals surface area contributed by atoms with Gasteiger partial charge in [0.05, 0.1) is 13.2 Å². The predicted molar refractivity (Wildman–Crippen MR) is 58.1 cm³/mol. The predicted octanol–water partition coefficient (Wildman–Crippen LogP) is 3.03. The number of ether oxygens (including phenoxy) is 2. The molecule has 0 radical (unpaired) electrons. The van der Waals surface area contributed by atoms with E-state index in [1.165, 1.54) is 0 Å². The van der Waals surface area contributed by atoms with Crippen LogP contribution in [0.5, 0.6) is 5.75 Å². The minimum absolute atomic E-state index is 0.0908. The van der Waals surface area contributed by atoms with Gasteiger partial charge >= 0.3 is 6.36 Å². The van der Waals surface area contributed by atoms with Crippen molar-refractivity contribution in [3.8, 4) is 5.75 Å². The van der Waals surface area contributed by atoms with Crippen LogP contribution in [0, 0.1) is 0 Å². The van der Waals surface area contributed by atoms with Crippen LogP contribution < -0.4 is 10.1 Å². The average molecular weight is 249 g/mol. The summed E-state index contributed by atoms with van der Waals surface area (Å²) in [6.07, 6.45) is -4.57. The van der Waals surface area contributed by atoms with E-state index in [0.29, 0.717) is 6.61 Å². The van der Waals surface area contributed by atoms with E-state index in [0.717, 1.165) is 11.4 Å². The summed E-state index contributed by atoms with van der Waals surface area (Å²) >= 11 is 0. The Kier molecular flexibility index (Phi) is 5.09. The second-order valence-corrected chi connectivity index (χ2v) is 3.18. The van der Waals surface area contributed by atoms with E-state index < -0.39 is 13.0 Å². The molecule has 6 heteroatoms. The molecule has 3 nitrogen and oxygen atoms in total. The second kappa shape index (κ2) is 6.34. The maximum Gasteiger partial charge on any atom is 0.522 e. The smallest absolute Gasteiger partial charge is 0.494 e. The molecule has 1 aromatic rings. The highest BCUT2D eigenvalue weighted by Crippen LogP contribution is 2.17. The highest BCUT2D eigenvalue weighted by atomic mass is 19.4. The summed E-state index contributed by atoms with van der Waals surface area (Å²) in [7, 11) is 0. The van der Waals surface area contributed by atoms with Gasteiger partial charge in [0.15, 0.2) is 0 Å². The van der Waals surface area contributed by atoms with Crippen molar-refractivity contribution in [1.82, 2.24) is 0 Å². The van der Waals surface area contributed by atoms with Crippen LogP contribution in [0.2, 0.25) is 0 Å². The Morgan fingerprint density at radius 3 is 2.35 bits per heavy atom. The molecular weight excluding hydrogens is 235 g/mol. The van der Waals surface area contributed by atoms with Crippen molar-refractivity contribution in [3.63, 3.8) is 0 Å². The molecule has 0 atom stereocenters. The van der Waals surface area contributed by atoms with E-state index in [2.05, 4.69) is 10.1 Å². The van der Waals surface area contributed by atoms with Crippen LogP contribution in [0.15, 0.2) is 24.3 Å². The van der Waals surface area contributed by atoms with Crippen molar-refractivity contribution in [2.24, 2.45) is 0 Å². The summed E-state index contributed by atoms with van der Waals surface area (Å²) in [5, 5.41) is 2.81. The first-order valence-electron chi connectivity index (χ1n) is 5.18. The van der Waals surface area contributed by atoms with Crippen molar-refractivity contribution in [2.75, 3.05) is 25.1 Å². The van der Waals surface area contributed by atoms with Crippen LogP contribution in [-0.4, -0.2) is 26.1 Å². The average Bonchev–Trinajstić information content (AvgIpc) is 2.26. The molecule has 1 N–H and O–H groups in total. The first kappa shape index (κ1) is 13.6. The number of nitrogens with one attached hydrogen (secondary N) is 1. The van der Waals surface area contributed by atoms with Crippen molar-refractivity contribution < 1.29 is 22.6 Å². The Morgan fingerprint density at radius 1 is 1.18 bits per heavy atom. The summed E-state index contributed by atoms with van der Waals surface area (Å²) in [6.45, 7) is 2.12. The lowest BCUT2D eigenvalue weighted by Crippen LogP contribution is -2.19. The van der Waals surface area contributed by atoms with Crippen LogP contribution in [0.25, 0.3) is 0 Å². The van der Waals surface area contributed by atoms with E-state index in [-0.39, 0.29) is 6.54 Å². The van der Waals surface area contributed by atoms with Crippen LogP contribution in [-0.2, 0) is 4.74 Å². The zero-order valence-corrected chi connectivity index (χ0v) is 9.38. The van der Waals surface area contributed by atoms with Crippen LogP contribution in [0.3, 0.4) is 0 Å². The van der Waals surface area contributed by atoms with Gasteiger partial charge in [-0.1, -0.05) is 0 Å². The number of halogens is 3. The third-order valence-corrected chi connectivity index (χ3v) is 1.86. The summed E-state index contributed by atoms with van der Waals surface area (Å²) < 4.78 is 43.8. The van der Waals surface area contributed by atoms with E-state index >= 15 is 0 Å². The zero-order valence-electron chi connectivity index (χ0n) is 9.38. The minimum atomic E-state index is -4.57. The monoisotopic (exact) mass is 249 g/mol. The van der Waals surface area contributed by atoms with E-state index in [9.17, 15) is 13.2 Å². The van der Waals surface area contributed by atoms with Crippen LogP contribution >= 0.6 is 0 Å². The maximum atomic E-state index is 11.7. The van der Waals surface area contributed by atoms with Crippen LogP contribution in [0.1, 0.15) is 6.92 Å². The quantitative estimate of drug-likeness (QED) is 0.786. The van der Waals surface area contributed by atoms with Gasteiger partial charge in [0.25, 0.3) is 0 Å². The van der Waals surface area contributed by atoms with Gasteiger partial charge in [-0.3, -0.25) is 4.74 Å². The zero-order chi connectivity index (χ0) is 12.7. The van der Waals surface area contributed by atoms with E-state index in [4.69, 9.17) is 4.74 Å². The number of anilines is 1. The van der Waals surface area contributed by atoms with E-state index in [1.807, 2.05) is 6.92 Å². The van der Waals surface area contributed by atoms with E-state index in [1.54, 1.807) is 24.3 Å². The summed E-state index contributed by atoms with van der Waals surface area (Å²) in [4.78, 5) is 0. The fourth-order valence-corrected chi connectivity index (χ4v) is 1.20. The van der Waals surface area contributed by atoms with Gasteiger partial charge < -0.3 is 10.1 Å². The maximum absolute atomic E-state index is 11.7. The third-order valence-electron chi connectivity index (χ3n) is 1.86. The Labute approximate surface area is 97.5 Å². The molecule has 0 saturated heterocycles. The highest BCUT2D eigenvalue weighted by molar-refractivity contribution is 5.46. The minimum Gasteiger partial charge on any atom is -0.494 e. The molecule has 1 aromatic carbocycles. The summed E-state index contributed by atoms with van der Waals surface area (Å²) in [6, 6.07) is 6.96. The molecular formula is C11H14F3NO2. The largest absolute Gasteiger partial charge is 0.522 e. The first-order valence-corrected chi connectivity index (χ1v) is 5.18. The van der Waals surface area contributed by atoms with Gasteiger partial charge in [-0.05, 0) is 31.2 Å². The molecule has 0 aromatic heterocycles. The lowest BCUT2D eigenvalue weighted by Gasteiger charge is -2.09. The number of hydrogen-bond donors (Lipinski definition) is 1. The van der Waals surface area contributed by atoms with Gasteiger partial charge in [-0.2, -0.15) is 0 Å². The molecule has 0 aliphatic carbocycles. The molecule has 0 bridgehead atoms. The Balaban J connectivity index is 2.27. The molecule has 0 aliphatic heterocycles.